The summed E-state index contributed by atoms with van der Waals surface area (Å²) in [7, 11) is 2.13. The van der Waals surface area contributed by atoms with Gasteiger partial charge in [0.1, 0.15) is 11.6 Å². The van der Waals surface area contributed by atoms with Crippen LogP contribution in [0.3, 0.4) is 0 Å². The van der Waals surface area contributed by atoms with E-state index in [4.69, 9.17) is 16.2 Å². The number of nitrogens with one attached hydrogen (secondary N) is 2. The third kappa shape index (κ3) is 7.73. The maximum atomic E-state index is 14.1. The molecule has 0 unspecified atom stereocenters. The van der Waals surface area contributed by atoms with Crippen LogP contribution in [-0.2, 0) is 11.2 Å². The molecule has 2 heterocycles. The van der Waals surface area contributed by atoms with E-state index >= 15 is 0 Å². The fourth-order valence-corrected chi connectivity index (χ4v) is 6.25. The Kier molecular flexibility index (Phi) is 9.70. The van der Waals surface area contributed by atoms with Gasteiger partial charge in [-0.2, -0.15) is 0 Å². The number of aromatic hydroxyl groups is 1. The second-order valence-electron chi connectivity index (χ2n) is 12.4. The number of carbonyl (C=O) groups excluding carboxylic acids is 1. The molecule has 10 heteroatoms. The van der Waals surface area contributed by atoms with E-state index in [9.17, 15) is 14.3 Å². The highest BCUT2D eigenvalue weighted by Crippen LogP contribution is 2.32. The van der Waals surface area contributed by atoms with Crippen molar-refractivity contribution in [3.8, 4) is 16.9 Å². The van der Waals surface area contributed by atoms with Gasteiger partial charge in [0.15, 0.2) is 0 Å². The van der Waals surface area contributed by atoms with Crippen molar-refractivity contribution in [1.29, 1.82) is 0 Å². The van der Waals surface area contributed by atoms with Gasteiger partial charge in [0.2, 0.25) is 0 Å². The number of piperazine rings is 1. The molecule has 2 saturated heterocycles. The average molecular weight is 638 g/mol. The van der Waals surface area contributed by atoms with Crippen LogP contribution >= 0.6 is 0 Å². The number of hydrogen-bond donors (Lipinski definition) is 5. The summed E-state index contributed by atoms with van der Waals surface area (Å²) in [5.74, 6) is -0.417. The highest BCUT2D eigenvalue weighted by Gasteiger charge is 2.23. The Morgan fingerprint density at radius 1 is 0.979 bits per heavy atom. The standard InChI is InChI=1S/C37H41FN6O3/c1-43-13-15-44(16-14-43)29-7-10-31(35(22-29)41-28-11-17-47-18-12-28)37(46)42-36(40)33-21-26(19-24-3-2-4-27(38)20-24)32(23-34(33)39)25-5-8-30(45)9-6-25/h2-10,20-23,28,41,45H,11-19,39H2,1H3,(H2,40,42,46)/p+1. The largest absolute Gasteiger partial charge is 0.508 e. The molecule has 0 aromatic heterocycles. The van der Waals surface area contributed by atoms with Crippen LogP contribution < -0.4 is 26.7 Å². The Hall–Kier alpha value is -4.93. The molecule has 2 aliphatic rings. The number of benzene rings is 4. The van der Waals surface area contributed by atoms with E-state index in [2.05, 4.69) is 33.2 Å². The topological polar surface area (TPSA) is 131 Å². The first-order chi connectivity index (χ1) is 22.7. The van der Waals surface area contributed by atoms with E-state index in [0.29, 0.717) is 36.4 Å². The molecule has 0 atom stereocenters. The molecule has 1 amide bonds. The molecule has 2 fully saturated rings. The van der Waals surface area contributed by atoms with Gasteiger partial charge in [-0.05, 0) is 103 Å². The molecule has 244 valence electrons. The fraction of sp³-hybridized carbons (Fsp3) is 0.297. The lowest BCUT2D eigenvalue weighted by atomic mass is 9.92. The zero-order valence-electron chi connectivity index (χ0n) is 26.6. The Morgan fingerprint density at radius 2 is 1.72 bits per heavy atom. The predicted molar refractivity (Wildman–Crippen MR) is 184 cm³/mol. The molecular weight excluding hydrogens is 595 g/mol. The van der Waals surface area contributed by atoms with Crippen molar-refractivity contribution in [2.45, 2.75) is 25.3 Å². The predicted octanol–water partition coefficient (Wildman–Crippen LogP) is 3.34. The number of phenolic OH excluding ortho intramolecular Hbond substituents is 1. The molecule has 0 spiro atoms. The summed E-state index contributed by atoms with van der Waals surface area (Å²) in [6.07, 6.45) is 2.10. The van der Waals surface area contributed by atoms with Gasteiger partial charge in [0, 0.05) is 56.8 Å². The van der Waals surface area contributed by atoms with Gasteiger partial charge in [0.05, 0.1) is 16.8 Å². The van der Waals surface area contributed by atoms with Crippen molar-refractivity contribution >= 4 is 28.8 Å². The lowest BCUT2D eigenvalue weighted by Crippen LogP contribution is -2.79. The zero-order valence-corrected chi connectivity index (χ0v) is 26.6. The number of nitrogens with two attached hydrogens (primary N) is 2. The first kappa shape index (κ1) is 32.0. The van der Waals surface area contributed by atoms with Crippen LogP contribution in [0.2, 0.25) is 0 Å². The van der Waals surface area contributed by atoms with Crippen molar-refractivity contribution in [2.24, 2.45) is 5.73 Å². The Morgan fingerprint density at radius 3 is 2.45 bits per heavy atom. The second kappa shape index (κ2) is 14.2. The second-order valence-corrected chi connectivity index (χ2v) is 12.4. The van der Waals surface area contributed by atoms with E-state index in [-0.39, 0.29) is 29.4 Å². The first-order valence-electron chi connectivity index (χ1n) is 16.1. The Balaban J connectivity index is 1.34. The zero-order chi connectivity index (χ0) is 32.9. The molecule has 2 aliphatic heterocycles. The number of carbonyl (C=O) groups is 1. The number of nitrogen functional groups attached to an aromatic ring is 2. The van der Waals surface area contributed by atoms with Crippen LogP contribution in [0.15, 0.2) is 78.9 Å². The third-order valence-corrected chi connectivity index (χ3v) is 8.97. The normalized spacial score (nSPS) is 16.3. The van der Waals surface area contributed by atoms with E-state index < -0.39 is 0 Å². The summed E-state index contributed by atoms with van der Waals surface area (Å²) in [5.41, 5.74) is 19.5. The van der Waals surface area contributed by atoms with Gasteiger partial charge < -0.3 is 30.7 Å². The van der Waals surface area contributed by atoms with Crippen molar-refractivity contribution in [3.63, 3.8) is 0 Å². The molecule has 4 aromatic carbocycles. The molecule has 47 heavy (non-hydrogen) atoms. The van der Waals surface area contributed by atoms with Crippen LogP contribution in [-0.4, -0.2) is 74.2 Å². The van der Waals surface area contributed by atoms with Crippen LogP contribution in [0.4, 0.5) is 21.5 Å². The number of nitrogens with zero attached hydrogens (tertiary/aromatic N) is 2. The van der Waals surface area contributed by atoms with Gasteiger partial charge in [-0.3, -0.25) is 5.73 Å². The Bertz CT molecular complexity index is 1760. The van der Waals surface area contributed by atoms with Crippen molar-refractivity contribution in [2.75, 3.05) is 62.4 Å². The summed E-state index contributed by atoms with van der Waals surface area (Å²) < 4.78 is 19.7. The highest BCUT2D eigenvalue weighted by molar-refractivity contribution is 6.04. The number of amidine groups is 1. The molecule has 6 rings (SSSR count). The minimum absolute atomic E-state index is 0.116. The number of halogens is 1. The van der Waals surface area contributed by atoms with Crippen LogP contribution in [0.1, 0.15) is 39.9 Å². The molecule has 0 aliphatic carbocycles. The fourth-order valence-electron chi connectivity index (χ4n) is 6.25. The van der Waals surface area contributed by atoms with Crippen molar-refractivity contribution in [1.82, 2.24) is 4.90 Å². The van der Waals surface area contributed by atoms with E-state index in [1.54, 1.807) is 36.4 Å². The molecule has 0 saturated carbocycles. The monoisotopic (exact) mass is 637 g/mol. The van der Waals surface area contributed by atoms with Crippen LogP contribution in [0.5, 0.6) is 5.75 Å². The summed E-state index contributed by atoms with van der Waals surface area (Å²) in [5, 5.41) is 13.5. The van der Waals surface area contributed by atoms with Crippen LogP contribution in [0.25, 0.3) is 11.1 Å². The number of phenols is 1. The maximum Gasteiger partial charge on any atom is 0.341 e. The SMILES string of the molecule is CN1CCN(c2ccc(C(=O)[NH+]=C(N)c3cc(Cc4cccc(F)c4)c(-c4ccc(O)cc4)cc3N)c(NC3CCOCC3)c2)CC1. The lowest BCUT2D eigenvalue weighted by molar-refractivity contribution is -0.345. The summed E-state index contributed by atoms with van der Waals surface area (Å²) >= 11 is 0. The molecular formula is C37H42FN6O3+. The quantitative estimate of drug-likeness (QED) is 0.113. The van der Waals surface area contributed by atoms with E-state index in [1.165, 1.54) is 12.1 Å². The summed E-state index contributed by atoms with van der Waals surface area (Å²) in [6.45, 7) is 5.13. The van der Waals surface area contributed by atoms with Gasteiger partial charge in [0.25, 0.3) is 5.84 Å². The average Bonchev–Trinajstić information content (AvgIpc) is 3.06. The van der Waals surface area contributed by atoms with Gasteiger partial charge in [-0.1, -0.05) is 24.3 Å². The molecule has 9 nitrogen and oxygen atoms in total. The summed E-state index contributed by atoms with van der Waals surface area (Å²) in [4.78, 5) is 21.4. The number of anilines is 3. The molecule has 0 radical (unpaired) electrons. The van der Waals surface area contributed by atoms with Gasteiger partial charge in [-0.15, -0.1) is 0 Å². The van der Waals surface area contributed by atoms with Crippen molar-refractivity contribution in [3.05, 3.63) is 107 Å². The van der Waals surface area contributed by atoms with E-state index in [0.717, 1.165) is 72.6 Å². The summed E-state index contributed by atoms with van der Waals surface area (Å²) in [6, 6.07) is 23.0. The minimum atomic E-state index is -0.351. The lowest BCUT2D eigenvalue weighted by Gasteiger charge is -2.34. The number of likely N-dealkylation sites (N-methyl/N-ethyl adjacent to an activating group) is 1. The number of hydrogen-bond acceptors (Lipinski definition) is 7. The van der Waals surface area contributed by atoms with Crippen LogP contribution in [0, 0.1) is 5.82 Å². The number of ether oxygens (including phenoxy) is 1. The van der Waals surface area contributed by atoms with E-state index in [1.807, 2.05) is 24.3 Å². The first-order valence-corrected chi connectivity index (χ1v) is 16.1. The minimum Gasteiger partial charge on any atom is -0.508 e. The van der Waals surface area contributed by atoms with Gasteiger partial charge >= 0.3 is 5.91 Å². The third-order valence-electron chi connectivity index (χ3n) is 8.97. The van der Waals surface area contributed by atoms with Crippen molar-refractivity contribution < 1.29 is 24.0 Å². The number of rotatable bonds is 8. The molecule has 4 aromatic rings. The smallest absolute Gasteiger partial charge is 0.341 e. The Labute approximate surface area is 274 Å². The highest BCUT2D eigenvalue weighted by atomic mass is 19.1. The number of amides is 1. The van der Waals surface area contributed by atoms with Gasteiger partial charge in [-0.25, -0.2) is 14.2 Å². The maximum absolute atomic E-state index is 14.1. The molecule has 0 bridgehead atoms. The molecule has 7 N–H and O–H groups in total.